The van der Waals surface area contributed by atoms with Gasteiger partial charge in [-0.25, -0.2) is 22.2 Å². The second kappa shape index (κ2) is 11.0. The average Bonchev–Trinajstić information content (AvgIpc) is 3.58. The van der Waals surface area contributed by atoms with Crippen LogP contribution in [0.3, 0.4) is 0 Å². The average molecular weight is 602 g/mol. The molecule has 2 aromatic carbocycles. The molecule has 0 unspecified atom stereocenters. The molecular weight excluding hydrogens is 576 g/mol. The molecule has 0 aliphatic rings. The van der Waals surface area contributed by atoms with E-state index >= 15 is 4.39 Å². The van der Waals surface area contributed by atoms with Gasteiger partial charge in [0.15, 0.2) is 5.82 Å². The van der Waals surface area contributed by atoms with Crippen molar-refractivity contribution >= 4 is 43.4 Å². The summed E-state index contributed by atoms with van der Waals surface area (Å²) in [7, 11) is -3.23. The zero-order valence-corrected chi connectivity index (χ0v) is 23.9. The molecule has 0 spiro atoms. The van der Waals surface area contributed by atoms with Crippen LogP contribution in [0.15, 0.2) is 61.1 Å². The van der Waals surface area contributed by atoms with E-state index in [0.717, 1.165) is 6.26 Å². The van der Waals surface area contributed by atoms with Crippen molar-refractivity contribution in [2.24, 2.45) is 0 Å². The van der Waals surface area contributed by atoms with E-state index in [1.165, 1.54) is 30.6 Å². The maximum Gasteiger partial charge on any atom is 0.224 e. The smallest absolute Gasteiger partial charge is 0.224 e. The zero-order valence-electron chi connectivity index (χ0n) is 23.1. The lowest BCUT2D eigenvalue weighted by Gasteiger charge is -2.08. The lowest BCUT2D eigenvalue weighted by atomic mass is 10.0. The van der Waals surface area contributed by atoms with Gasteiger partial charge in [0.25, 0.3) is 0 Å². The fourth-order valence-electron chi connectivity index (χ4n) is 4.84. The van der Waals surface area contributed by atoms with Crippen LogP contribution in [0.5, 0.6) is 0 Å². The number of anilines is 1. The molecule has 0 atom stereocenters. The minimum absolute atomic E-state index is 0.109. The van der Waals surface area contributed by atoms with Gasteiger partial charge in [0.2, 0.25) is 5.91 Å². The number of fused-ring (bicyclic) bond motifs is 2. The Morgan fingerprint density at radius 2 is 1.84 bits per heavy atom. The normalized spacial score (nSPS) is 11.8. The van der Waals surface area contributed by atoms with Crippen molar-refractivity contribution in [3.05, 3.63) is 78.3 Å². The van der Waals surface area contributed by atoms with Crippen LogP contribution in [0.4, 0.5) is 14.5 Å². The molecule has 13 heteroatoms. The first kappa shape index (κ1) is 28.1. The topological polar surface area (TPSA) is 146 Å². The number of nitrogens with zero attached hydrogens (tertiary/aromatic N) is 4. The lowest BCUT2D eigenvalue weighted by molar-refractivity contribution is -0.115. The predicted octanol–water partition coefficient (Wildman–Crippen LogP) is 5.44. The van der Waals surface area contributed by atoms with Crippen LogP contribution in [-0.4, -0.2) is 56.5 Å². The molecule has 0 saturated carbocycles. The molecule has 0 fully saturated rings. The molecule has 4 aromatic heterocycles. The number of aromatic nitrogens is 6. The minimum Gasteiger partial charge on any atom is -0.336 e. The third kappa shape index (κ3) is 5.84. The summed E-state index contributed by atoms with van der Waals surface area (Å²) in [6.45, 7) is 1.73. The summed E-state index contributed by atoms with van der Waals surface area (Å²) in [5.74, 6) is -0.936. The van der Waals surface area contributed by atoms with Gasteiger partial charge in [0.1, 0.15) is 32.7 Å². The number of hydrogen-bond donors (Lipinski definition) is 3. The van der Waals surface area contributed by atoms with Gasteiger partial charge in [0.05, 0.1) is 34.4 Å². The number of halogens is 2. The molecule has 0 bridgehead atoms. The Balaban J connectivity index is 1.41. The number of nitrogens with one attached hydrogen (secondary N) is 3. The molecule has 43 heavy (non-hydrogen) atoms. The van der Waals surface area contributed by atoms with Gasteiger partial charge in [-0.1, -0.05) is 6.92 Å². The monoisotopic (exact) mass is 601 g/mol. The van der Waals surface area contributed by atoms with Gasteiger partial charge in [0, 0.05) is 53.2 Å². The number of aromatic amines is 2. The van der Waals surface area contributed by atoms with E-state index < -0.39 is 21.5 Å². The summed E-state index contributed by atoms with van der Waals surface area (Å²) >= 11 is 0. The van der Waals surface area contributed by atoms with Crippen molar-refractivity contribution < 1.29 is 22.0 Å². The van der Waals surface area contributed by atoms with E-state index in [2.05, 4.69) is 30.5 Å². The summed E-state index contributed by atoms with van der Waals surface area (Å²) in [4.78, 5) is 28.4. The van der Waals surface area contributed by atoms with Gasteiger partial charge < -0.3 is 10.3 Å². The van der Waals surface area contributed by atoms with E-state index in [9.17, 15) is 17.6 Å². The van der Waals surface area contributed by atoms with Crippen LogP contribution in [0, 0.1) is 11.6 Å². The second-order valence-corrected chi connectivity index (χ2v) is 12.4. The molecule has 6 rings (SSSR count). The first-order valence-electron chi connectivity index (χ1n) is 13.3. The van der Waals surface area contributed by atoms with Crippen LogP contribution in [-0.2, 0) is 21.1 Å². The van der Waals surface area contributed by atoms with E-state index in [1.807, 2.05) is 0 Å². The molecule has 6 aromatic rings. The predicted molar refractivity (Wildman–Crippen MR) is 160 cm³/mol. The molecule has 218 valence electrons. The Bertz CT molecular complexity index is 2140. The van der Waals surface area contributed by atoms with Crippen molar-refractivity contribution in [1.82, 2.24) is 30.1 Å². The highest BCUT2D eigenvalue weighted by Crippen LogP contribution is 2.34. The summed E-state index contributed by atoms with van der Waals surface area (Å²) < 4.78 is 53.1. The number of rotatable bonds is 8. The summed E-state index contributed by atoms with van der Waals surface area (Å²) in [5.41, 5.74) is 4.50. The number of pyridine rings is 2. The Hall–Kier alpha value is -5.04. The number of aryl methyl sites for hydroxylation is 1. The quantitative estimate of drug-likeness (QED) is 0.210. The Kier molecular flexibility index (Phi) is 7.18. The van der Waals surface area contributed by atoms with E-state index in [4.69, 9.17) is 4.98 Å². The molecule has 0 aliphatic heterocycles. The van der Waals surface area contributed by atoms with Crippen molar-refractivity contribution in [2.45, 2.75) is 19.8 Å². The fraction of sp³-hybridized carbons (Fsp3) is 0.167. The highest BCUT2D eigenvalue weighted by Gasteiger charge is 2.19. The number of hydrogen-bond acceptors (Lipinski definition) is 7. The maximum atomic E-state index is 15.2. The van der Waals surface area contributed by atoms with Crippen molar-refractivity contribution in [3.63, 3.8) is 0 Å². The summed E-state index contributed by atoms with van der Waals surface area (Å²) in [6, 6.07) is 10.7. The number of sulfone groups is 1. The van der Waals surface area contributed by atoms with Crippen LogP contribution >= 0.6 is 0 Å². The zero-order chi connectivity index (χ0) is 30.3. The third-order valence-electron chi connectivity index (χ3n) is 6.92. The van der Waals surface area contributed by atoms with Crippen molar-refractivity contribution in [2.75, 3.05) is 17.3 Å². The van der Waals surface area contributed by atoms with Crippen LogP contribution in [0.1, 0.15) is 18.9 Å². The Labute approximate surface area is 244 Å². The van der Waals surface area contributed by atoms with Crippen molar-refractivity contribution in [3.8, 4) is 33.9 Å². The van der Waals surface area contributed by atoms with E-state index in [1.54, 1.807) is 37.4 Å². The van der Waals surface area contributed by atoms with Gasteiger partial charge in [-0.3, -0.25) is 19.9 Å². The van der Waals surface area contributed by atoms with Crippen LogP contribution < -0.4 is 5.32 Å². The van der Waals surface area contributed by atoms with Gasteiger partial charge in [-0.2, -0.15) is 5.10 Å². The molecular formula is C30H25F2N7O3S. The maximum absolute atomic E-state index is 15.2. The Morgan fingerprint density at radius 3 is 2.63 bits per heavy atom. The first-order valence-corrected chi connectivity index (χ1v) is 15.4. The molecule has 0 aliphatic carbocycles. The highest BCUT2D eigenvalue weighted by molar-refractivity contribution is 7.90. The lowest BCUT2D eigenvalue weighted by Crippen LogP contribution is -2.09. The van der Waals surface area contributed by atoms with Crippen LogP contribution in [0.2, 0.25) is 0 Å². The number of carbonyl (C=O) groups is 1. The molecule has 10 nitrogen and oxygen atoms in total. The molecule has 0 radical (unpaired) electrons. The first-order chi connectivity index (χ1) is 20.6. The number of H-pyrrole nitrogens is 2. The van der Waals surface area contributed by atoms with Gasteiger partial charge in [-0.05, 0) is 48.4 Å². The minimum atomic E-state index is -3.23. The number of benzene rings is 2. The number of imidazole rings is 1. The Morgan fingerprint density at radius 1 is 1.00 bits per heavy atom. The van der Waals surface area contributed by atoms with Crippen molar-refractivity contribution in [1.29, 1.82) is 0 Å². The molecule has 0 saturated heterocycles. The number of amides is 1. The standard InChI is InChI=1S/C30H25F2N7O3S/c1-3-26(40)35-20-11-18(14-33-15-20)21-12-22-25(13-23(21)32)38-39-28(22)30-36-24-4-6-34-27(29(24)37-30)17-8-16(9-19(31)10-17)5-7-43(2,41)42/h4,6,8-15H,3,5,7H2,1-2H3,(H,35,40)(H,36,37)(H,38,39). The summed E-state index contributed by atoms with van der Waals surface area (Å²) in [5, 5.41) is 10.5. The molecule has 3 N–H and O–H groups in total. The highest BCUT2D eigenvalue weighted by atomic mass is 32.2. The second-order valence-electron chi connectivity index (χ2n) is 10.2. The number of carbonyl (C=O) groups excluding carboxylic acids is 1. The van der Waals surface area contributed by atoms with E-state index in [0.29, 0.717) is 67.9 Å². The third-order valence-corrected chi connectivity index (χ3v) is 7.87. The fourth-order valence-corrected chi connectivity index (χ4v) is 5.44. The SMILES string of the molecule is CCC(=O)Nc1cncc(-c2cc3c(-c4nc5c(-c6cc(F)cc(CCS(C)(=O)=O)c6)nccc5[nH]4)n[nH]c3cc2F)c1. The van der Waals surface area contributed by atoms with Crippen LogP contribution in [0.25, 0.3) is 55.8 Å². The van der Waals surface area contributed by atoms with Gasteiger partial charge >= 0.3 is 0 Å². The molecule has 1 amide bonds. The summed E-state index contributed by atoms with van der Waals surface area (Å²) in [6.07, 6.45) is 6.15. The van der Waals surface area contributed by atoms with E-state index in [-0.39, 0.29) is 23.6 Å². The molecule has 4 heterocycles. The largest absolute Gasteiger partial charge is 0.336 e. The van der Waals surface area contributed by atoms with Gasteiger partial charge in [-0.15, -0.1) is 0 Å².